The number of nitrogens with zero attached hydrogens (tertiary/aromatic N) is 1. The summed E-state index contributed by atoms with van der Waals surface area (Å²) in [7, 11) is 0. The zero-order chi connectivity index (χ0) is 17.8. The molecule has 1 unspecified atom stereocenters. The minimum atomic E-state index is -0.929. The lowest BCUT2D eigenvalue weighted by atomic mass is 9.88. The van der Waals surface area contributed by atoms with E-state index in [0.29, 0.717) is 37.2 Å². The molecule has 2 N–H and O–H groups in total. The molecule has 134 valence electrons. The third-order valence-corrected chi connectivity index (χ3v) is 4.83. The lowest BCUT2D eigenvalue weighted by molar-refractivity contribution is -0.141. The highest BCUT2D eigenvalue weighted by atomic mass is 16.5. The SMILES string of the molecule is O=C(O)CCN(C(=O)C1CNC(=O)c2ccccc21)C1CCOCC1. The number of fused-ring (bicyclic) bond motifs is 1. The van der Waals surface area contributed by atoms with Crippen molar-refractivity contribution in [3.63, 3.8) is 0 Å². The largest absolute Gasteiger partial charge is 0.481 e. The first-order valence-electron chi connectivity index (χ1n) is 8.55. The van der Waals surface area contributed by atoms with Gasteiger partial charge in [-0.25, -0.2) is 0 Å². The number of rotatable bonds is 5. The first-order chi connectivity index (χ1) is 12.1. The molecule has 2 heterocycles. The van der Waals surface area contributed by atoms with Crippen molar-refractivity contribution in [1.29, 1.82) is 0 Å². The highest BCUT2D eigenvalue weighted by Gasteiger charge is 2.35. The number of nitrogens with one attached hydrogen (secondary N) is 1. The van der Waals surface area contributed by atoms with Gasteiger partial charge in [0.2, 0.25) is 5.91 Å². The summed E-state index contributed by atoms with van der Waals surface area (Å²) >= 11 is 0. The Bertz CT molecular complexity index is 669. The molecule has 1 saturated heterocycles. The number of aliphatic carboxylic acids is 1. The lowest BCUT2D eigenvalue weighted by Crippen LogP contribution is -2.49. The van der Waals surface area contributed by atoms with E-state index < -0.39 is 11.9 Å². The number of carboxylic acid groups (broad SMARTS) is 1. The van der Waals surface area contributed by atoms with Crippen molar-refractivity contribution in [2.24, 2.45) is 0 Å². The number of carbonyl (C=O) groups excluding carboxylic acids is 2. The third kappa shape index (κ3) is 3.82. The number of hydrogen-bond acceptors (Lipinski definition) is 4. The number of amides is 2. The van der Waals surface area contributed by atoms with Crippen LogP contribution in [0.3, 0.4) is 0 Å². The van der Waals surface area contributed by atoms with Gasteiger partial charge in [0, 0.05) is 37.9 Å². The molecule has 1 aromatic carbocycles. The molecule has 1 fully saturated rings. The molecular weight excluding hydrogens is 324 g/mol. The van der Waals surface area contributed by atoms with E-state index in [1.54, 1.807) is 23.1 Å². The average molecular weight is 346 g/mol. The molecule has 0 saturated carbocycles. The number of carbonyl (C=O) groups is 3. The van der Waals surface area contributed by atoms with Crippen LogP contribution in [0.1, 0.15) is 41.1 Å². The van der Waals surface area contributed by atoms with Gasteiger partial charge >= 0.3 is 5.97 Å². The molecule has 7 nitrogen and oxygen atoms in total. The topological polar surface area (TPSA) is 95.9 Å². The minimum absolute atomic E-state index is 0.0228. The summed E-state index contributed by atoms with van der Waals surface area (Å²) < 4.78 is 5.36. The third-order valence-electron chi connectivity index (χ3n) is 4.83. The van der Waals surface area contributed by atoms with Gasteiger partial charge < -0.3 is 20.1 Å². The van der Waals surface area contributed by atoms with Crippen LogP contribution in [0.15, 0.2) is 24.3 Å². The summed E-state index contributed by atoms with van der Waals surface area (Å²) in [5, 5.41) is 11.8. The molecule has 2 aliphatic heterocycles. The summed E-state index contributed by atoms with van der Waals surface area (Å²) in [4.78, 5) is 37.9. The molecule has 0 aromatic heterocycles. The van der Waals surface area contributed by atoms with Crippen LogP contribution in [0.25, 0.3) is 0 Å². The maximum atomic E-state index is 13.2. The van der Waals surface area contributed by atoms with Gasteiger partial charge in [-0.3, -0.25) is 14.4 Å². The summed E-state index contributed by atoms with van der Waals surface area (Å²) in [6, 6.07) is 7.07. The van der Waals surface area contributed by atoms with Gasteiger partial charge in [0.15, 0.2) is 0 Å². The second-order valence-electron chi connectivity index (χ2n) is 6.37. The predicted octanol–water partition coefficient (Wildman–Crippen LogP) is 0.996. The zero-order valence-electron chi connectivity index (χ0n) is 13.9. The van der Waals surface area contributed by atoms with Gasteiger partial charge in [-0.1, -0.05) is 18.2 Å². The Morgan fingerprint density at radius 2 is 1.96 bits per heavy atom. The molecule has 25 heavy (non-hydrogen) atoms. The van der Waals surface area contributed by atoms with Gasteiger partial charge in [0.1, 0.15) is 0 Å². The number of hydrogen-bond donors (Lipinski definition) is 2. The van der Waals surface area contributed by atoms with E-state index in [1.165, 1.54) is 0 Å². The van der Waals surface area contributed by atoms with E-state index >= 15 is 0 Å². The van der Waals surface area contributed by atoms with E-state index in [1.807, 2.05) is 6.07 Å². The van der Waals surface area contributed by atoms with E-state index in [4.69, 9.17) is 9.84 Å². The quantitative estimate of drug-likeness (QED) is 0.829. The van der Waals surface area contributed by atoms with Gasteiger partial charge in [-0.2, -0.15) is 0 Å². The number of ether oxygens (including phenoxy) is 1. The predicted molar refractivity (Wildman–Crippen MR) is 89.3 cm³/mol. The smallest absolute Gasteiger partial charge is 0.305 e. The van der Waals surface area contributed by atoms with Gasteiger partial charge in [0.05, 0.1) is 12.3 Å². The molecule has 0 spiro atoms. The Kier molecular flexibility index (Phi) is 5.33. The molecular formula is C18H22N2O5. The van der Waals surface area contributed by atoms with Crippen LogP contribution >= 0.6 is 0 Å². The average Bonchev–Trinajstić information content (AvgIpc) is 2.63. The summed E-state index contributed by atoms with van der Waals surface area (Å²) in [6.07, 6.45) is 1.31. The number of carboxylic acids is 1. The van der Waals surface area contributed by atoms with E-state index in [9.17, 15) is 14.4 Å². The van der Waals surface area contributed by atoms with Gasteiger partial charge in [-0.05, 0) is 24.5 Å². The molecule has 3 rings (SSSR count). The molecule has 0 bridgehead atoms. The molecule has 0 radical (unpaired) electrons. The van der Waals surface area contributed by atoms with Crippen molar-refractivity contribution in [1.82, 2.24) is 10.2 Å². The van der Waals surface area contributed by atoms with E-state index in [2.05, 4.69) is 5.32 Å². The van der Waals surface area contributed by atoms with E-state index in [0.717, 1.165) is 0 Å². The van der Waals surface area contributed by atoms with Gasteiger partial charge in [0.25, 0.3) is 5.91 Å². The maximum Gasteiger partial charge on any atom is 0.305 e. The van der Waals surface area contributed by atoms with Crippen molar-refractivity contribution >= 4 is 17.8 Å². The second-order valence-corrected chi connectivity index (χ2v) is 6.37. The standard InChI is InChI=1S/C18H22N2O5/c21-16(22)5-8-20(12-6-9-25-10-7-12)18(24)15-11-19-17(23)14-4-2-1-3-13(14)15/h1-4,12,15H,5-11H2,(H,19,23)(H,21,22). The van der Waals surface area contributed by atoms with Crippen LogP contribution in [-0.2, 0) is 14.3 Å². The molecule has 7 heteroatoms. The van der Waals surface area contributed by atoms with E-state index in [-0.39, 0.29) is 37.4 Å². The highest BCUT2D eigenvalue weighted by molar-refractivity contribution is 6.00. The lowest BCUT2D eigenvalue weighted by Gasteiger charge is -2.37. The van der Waals surface area contributed by atoms with Crippen molar-refractivity contribution in [2.75, 3.05) is 26.3 Å². The Labute approximate surface area is 146 Å². The fourth-order valence-corrected chi connectivity index (χ4v) is 3.51. The maximum absolute atomic E-state index is 13.2. The molecule has 2 aliphatic rings. The fourth-order valence-electron chi connectivity index (χ4n) is 3.51. The summed E-state index contributed by atoms with van der Waals surface area (Å²) in [5.74, 6) is -1.71. The highest BCUT2D eigenvalue weighted by Crippen LogP contribution is 2.28. The number of benzene rings is 1. The summed E-state index contributed by atoms with van der Waals surface area (Å²) in [5.41, 5.74) is 1.22. The normalized spacial score (nSPS) is 20.5. The Hall–Kier alpha value is -2.41. The van der Waals surface area contributed by atoms with Crippen LogP contribution in [0.5, 0.6) is 0 Å². The fraction of sp³-hybridized carbons (Fsp3) is 0.500. The van der Waals surface area contributed by atoms with Crippen LogP contribution in [0.2, 0.25) is 0 Å². The first-order valence-corrected chi connectivity index (χ1v) is 8.55. The van der Waals surface area contributed by atoms with Gasteiger partial charge in [-0.15, -0.1) is 0 Å². The molecule has 1 aromatic rings. The molecule has 2 amide bonds. The van der Waals surface area contributed by atoms with Crippen LogP contribution < -0.4 is 5.32 Å². The van der Waals surface area contributed by atoms with Crippen molar-refractivity contribution in [3.05, 3.63) is 35.4 Å². The van der Waals surface area contributed by atoms with Crippen molar-refractivity contribution < 1.29 is 24.2 Å². The minimum Gasteiger partial charge on any atom is -0.481 e. The van der Waals surface area contributed by atoms with Crippen LogP contribution in [-0.4, -0.2) is 60.1 Å². The van der Waals surface area contributed by atoms with Crippen molar-refractivity contribution in [2.45, 2.75) is 31.2 Å². The zero-order valence-corrected chi connectivity index (χ0v) is 13.9. The Balaban J connectivity index is 1.85. The Morgan fingerprint density at radius 1 is 1.24 bits per heavy atom. The van der Waals surface area contributed by atoms with Crippen LogP contribution in [0.4, 0.5) is 0 Å². The monoisotopic (exact) mass is 346 g/mol. The Morgan fingerprint density at radius 3 is 2.68 bits per heavy atom. The first kappa shape index (κ1) is 17.4. The van der Waals surface area contributed by atoms with Crippen LogP contribution in [0, 0.1) is 0 Å². The molecule has 0 aliphatic carbocycles. The second kappa shape index (κ2) is 7.65. The summed E-state index contributed by atoms with van der Waals surface area (Å²) in [6.45, 7) is 1.55. The molecule has 1 atom stereocenters. The van der Waals surface area contributed by atoms with Crippen molar-refractivity contribution in [3.8, 4) is 0 Å².